The van der Waals surface area contributed by atoms with Gasteiger partial charge in [0.05, 0.1) is 0 Å². The molecular formula is C19H18F6O. The Balaban J connectivity index is 2.57. The molecule has 0 amide bonds. The second-order valence-corrected chi connectivity index (χ2v) is 7.08. The molecule has 0 bridgehead atoms. The zero-order valence-corrected chi connectivity index (χ0v) is 14.3. The van der Waals surface area contributed by atoms with Gasteiger partial charge in [0.1, 0.15) is 0 Å². The molecule has 0 heterocycles. The van der Waals surface area contributed by atoms with Crippen molar-refractivity contribution in [1.29, 1.82) is 0 Å². The largest absolute Gasteiger partial charge is 0.430 e. The average molecular weight is 376 g/mol. The van der Waals surface area contributed by atoms with Crippen LogP contribution >= 0.6 is 0 Å². The Morgan fingerprint density at radius 1 is 0.692 bits per heavy atom. The quantitative estimate of drug-likeness (QED) is 0.641. The van der Waals surface area contributed by atoms with Gasteiger partial charge in [-0.1, -0.05) is 69.3 Å². The highest BCUT2D eigenvalue weighted by molar-refractivity contribution is 5.69. The first-order valence-corrected chi connectivity index (χ1v) is 7.76. The molecule has 0 aliphatic rings. The summed E-state index contributed by atoms with van der Waals surface area (Å²) in [4.78, 5) is 0. The highest BCUT2D eigenvalue weighted by atomic mass is 19.4. The molecular weight excluding hydrogens is 358 g/mol. The van der Waals surface area contributed by atoms with E-state index in [2.05, 4.69) is 0 Å². The van der Waals surface area contributed by atoms with Crippen LogP contribution in [-0.2, 0) is 11.0 Å². The van der Waals surface area contributed by atoms with Gasteiger partial charge in [-0.2, -0.15) is 26.3 Å². The second kappa shape index (κ2) is 6.30. The first-order valence-electron chi connectivity index (χ1n) is 7.76. The van der Waals surface area contributed by atoms with Crippen molar-refractivity contribution in [3.63, 3.8) is 0 Å². The van der Waals surface area contributed by atoms with Gasteiger partial charge in [0, 0.05) is 5.56 Å². The summed E-state index contributed by atoms with van der Waals surface area (Å²) in [7, 11) is 0. The third kappa shape index (κ3) is 3.45. The van der Waals surface area contributed by atoms with Crippen LogP contribution in [0.2, 0.25) is 0 Å². The number of alkyl halides is 6. The molecule has 0 atom stereocenters. The third-order valence-corrected chi connectivity index (χ3v) is 4.17. The minimum absolute atomic E-state index is 0.270. The van der Waals surface area contributed by atoms with Gasteiger partial charge in [-0.3, -0.25) is 0 Å². The molecule has 26 heavy (non-hydrogen) atoms. The Kier molecular flexibility index (Phi) is 4.92. The maximum absolute atomic E-state index is 13.0. The summed E-state index contributed by atoms with van der Waals surface area (Å²) in [6, 6.07) is 10.8. The molecule has 7 heteroatoms. The van der Waals surface area contributed by atoms with E-state index in [-0.39, 0.29) is 5.41 Å². The van der Waals surface area contributed by atoms with E-state index in [9.17, 15) is 31.4 Å². The summed E-state index contributed by atoms with van der Waals surface area (Å²) < 4.78 is 77.8. The van der Waals surface area contributed by atoms with E-state index in [1.165, 1.54) is 0 Å². The number of aliphatic hydroxyl groups is 1. The molecule has 0 unspecified atom stereocenters. The summed E-state index contributed by atoms with van der Waals surface area (Å²) in [5.74, 6) is 0. The Hall–Kier alpha value is -2.02. The predicted molar refractivity (Wildman–Crippen MR) is 86.6 cm³/mol. The summed E-state index contributed by atoms with van der Waals surface area (Å²) in [6.07, 6.45) is -11.8. The highest BCUT2D eigenvalue weighted by Gasteiger charge is 2.71. The molecule has 0 saturated carbocycles. The van der Waals surface area contributed by atoms with Crippen molar-refractivity contribution in [2.45, 2.75) is 44.1 Å². The maximum atomic E-state index is 13.0. The van der Waals surface area contributed by atoms with E-state index in [1.54, 1.807) is 12.1 Å². The molecule has 0 radical (unpaired) electrons. The normalized spacial score (nSPS) is 13.8. The average Bonchev–Trinajstić information content (AvgIpc) is 2.51. The summed E-state index contributed by atoms with van der Waals surface area (Å²) in [6.45, 7) is 5.85. The van der Waals surface area contributed by atoms with Crippen molar-refractivity contribution < 1.29 is 31.4 Å². The summed E-state index contributed by atoms with van der Waals surface area (Å²) in [5.41, 5.74) is -4.39. The van der Waals surface area contributed by atoms with Crippen LogP contribution in [0.25, 0.3) is 11.1 Å². The van der Waals surface area contributed by atoms with Crippen LogP contribution in [0.5, 0.6) is 0 Å². The molecule has 2 aromatic rings. The maximum Gasteiger partial charge on any atom is 0.430 e. The summed E-state index contributed by atoms with van der Waals surface area (Å²) in [5, 5.41) is 9.45. The van der Waals surface area contributed by atoms with Crippen molar-refractivity contribution in [2.75, 3.05) is 0 Å². The topological polar surface area (TPSA) is 20.2 Å². The fourth-order valence-corrected chi connectivity index (χ4v) is 2.77. The molecule has 0 aromatic heterocycles. The molecule has 0 saturated heterocycles. The van der Waals surface area contributed by atoms with Gasteiger partial charge < -0.3 is 5.11 Å². The van der Waals surface area contributed by atoms with E-state index in [0.29, 0.717) is 23.3 Å². The first kappa shape index (κ1) is 20.3. The van der Waals surface area contributed by atoms with Crippen LogP contribution in [0.4, 0.5) is 26.3 Å². The van der Waals surface area contributed by atoms with Gasteiger partial charge in [0.2, 0.25) is 0 Å². The zero-order valence-electron chi connectivity index (χ0n) is 14.3. The van der Waals surface area contributed by atoms with Crippen molar-refractivity contribution in [3.8, 4) is 11.1 Å². The lowest BCUT2D eigenvalue weighted by molar-refractivity contribution is -0.376. The standard InChI is InChI=1S/C19H18F6O/c1-16(2,3)15-7-5-4-6-14(15)12-8-10-13(11-9-12)17(26,18(20,21)22)19(23,24)25/h4-11,26H,1-3H3. The molecule has 2 rings (SSSR count). The fraction of sp³-hybridized carbons (Fsp3) is 0.368. The molecule has 142 valence electrons. The smallest absolute Gasteiger partial charge is 0.369 e. The van der Waals surface area contributed by atoms with E-state index >= 15 is 0 Å². The number of halogens is 6. The zero-order chi connectivity index (χ0) is 20.0. The third-order valence-electron chi connectivity index (χ3n) is 4.17. The number of rotatable bonds is 2. The molecule has 0 spiro atoms. The van der Waals surface area contributed by atoms with Crippen molar-refractivity contribution in [2.24, 2.45) is 0 Å². The Morgan fingerprint density at radius 2 is 1.15 bits per heavy atom. The van der Waals surface area contributed by atoms with Crippen molar-refractivity contribution in [3.05, 3.63) is 59.7 Å². The predicted octanol–water partition coefficient (Wildman–Crippen LogP) is 5.96. The Bertz CT molecular complexity index is 752. The van der Waals surface area contributed by atoms with E-state index < -0.39 is 23.5 Å². The lowest BCUT2D eigenvalue weighted by Crippen LogP contribution is -2.53. The first-order chi connectivity index (χ1) is 11.7. The Labute approximate surface area is 147 Å². The SMILES string of the molecule is CC(C)(C)c1ccccc1-c1ccc(C(O)(C(F)(F)F)C(F)(F)F)cc1. The van der Waals surface area contributed by atoms with Gasteiger partial charge >= 0.3 is 12.4 Å². The fourth-order valence-electron chi connectivity index (χ4n) is 2.77. The van der Waals surface area contributed by atoms with Crippen LogP contribution in [0.1, 0.15) is 31.9 Å². The van der Waals surface area contributed by atoms with Crippen LogP contribution in [-0.4, -0.2) is 17.5 Å². The lowest BCUT2D eigenvalue weighted by atomic mass is 9.81. The number of benzene rings is 2. The van der Waals surface area contributed by atoms with E-state index in [0.717, 1.165) is 17.7 Å². The van der Waals surface area contributed by atoms with Crippen LogP contribution in [0.3, 0.4) is 0 Å². The van der Waals surface area contributed by atoms with Gasteiger partial charge in [-0.15, -0.1) is 0 Å². The van der Waals surface area contributed by atoms with Crippen LogP contribution in [0, 0.1) is 0 Å². The van der Waals surface area contributed by atoms with Gasteiger partial charge in [0.25, 0.3) is 5.60 Å². The summed E-state index contributed by atoms with van der Waals surface area (Å²) >= 11 is 0. The molecule has 0 aliphatic heterocycles. The lowest BCUT2D eigenvalue weighted by Gasteiger charge is -2.32. The molecule has 2 aromatic carbocycles. The van der Waals surface area contributed by atoms with Gasteiger partial charge in [-0.05, 0) is 22.1 Å². The van der Waals surface area contributed by atoms with Crippen molar-refractivity contribution in [1.82, 2.24) is 0 Å². The van der Waals surface area contributed by atoms with E-state index in [4.69, 9.17) is 0 Å². The minimum Gasteiger partial charge on any atom is -0.369 e. The highest BCUT2D eigenvalue weighted by Crippen LogP contribution is 2.50. The molecule has 1 N–H and O–H groups in total. The number of hydrogen-bond acceptors (Lipinski definition) is 1. The van der Waals surface area contributed by atoms with Crippen LogP contribution < -0.4 is 0 Å². The molecule has 0 aliphatic carbocycles. The number of hydrogen-bond donors (Lipinski definition) is 1. The molecule has 1 nitrogen and oxygen atoms in total. The second-order valence-electron chi connectivity index (χ2n) is 7.08. The Morgan fingerprint density at radius 3 is 1.58 bits per heavy atom. The van der Waals surface area contributed by atoms with Crippen LogP contribution in [0.15, 0.2) is 48.5 Å². The minimum atomic E-state index is -5.89. The monoisotopic (exact) mass is 376 g/mol. The van der Waals surface area contributed by atoms with E-state index in [1.807, 2.05) is 32.9 Å². The van der Waals surface area contributed by atoms with Gasteiger partial charge in [-0.25, -0.2) is 0 Å². The molecule has 0 fully saturated rings. The van der Waals surface area contributed by atoms with Crippen molar-refractivity contribution >= 4 is 0 Å². The van der Waals surface area contributed by atoms with Gasteiger partial charge in [0.15, 0.2) is 0 Å².